The summed E-state index contributed by atoms with van der Waals surface area (Å²) in [4.78, 5) is 0. The van der Waals surface area contributed by atoms with Gasteiger partial charge in [0.05, 0.1) is 13.7 Å². The molecule has 0 fully saturated rings. The molecular formula is C19H18N4O2. The van der Waals surface area contributed by atoms with Crippen LogP contribution in [0.15, 0.2) is 54.6 Å². The predicted molar refractivity (Wildman–Crippen MR) is 94.2 cm³/mol. The van der Waals surface area contributed by atoms with E-state index in [0.29, 0.717) is 19.0 Å². The number of hydrogen-bond donors (Lipinski definition) is 1. The fourth-order valence-electron chi connectivity index (χ4n) is 2.41. The molecule has 0 radical (unpaired) electrons. The first-order valence-electron chi connectivity index (χ1n) is 7.77. The first-order valence-corrected chi connectivity index (χ1v) is 7.77. The number of ether oxygens (including phenoxy) is 2. The van der Waals surface area contributed by atoms with Crippen molar-refractivity contribution in [1.29, 1.82) is 5.26 Å². The summed E-state index contributed by atoms with van der Waals surface area (Å²) in [5.74, 6) is 1.32. The van der Waals surface area contributed by atoms with E-state index in [2.05, 4.69) is 11.2 Å². The minimum atomic E-state index is 0.242. The lowest BCUT2D eigenvalue weighted by Crippen LogP contribution is -2.06. The van der Waals surface area contributed by atoms with E-state index in [9.17, 15) is 5.26 Å². The molecule has 6 heteroatoms. The van der Waals surface area contributed by atoms with Crippen molar-refractivity contribution in [3.63, 3.8) is 0 Å². The molecule has 0 amide bonds. The number of benzene rings is 2. The molecule has 0 atom stereocenters. The van der Waals surface area contributed by atoms with Crippen LogP contribution in [0.5, 0.6) is 11.6 Å². The normalized spacial score (nSPS) is 10.2. The minimum Gasteiger partial charge on any atom is -0.497 e. The maximum absolute atomic E-state index is 9.36. The molecule has 3 rings (SSSR count). The van der Waals surface area contributed by atoms with Crippen LogP contribution in [0, 0.1) is 11.3 Å². The molecule has 0 saturated carbocycles. The number of hydrogen-bond acceptors (Lipinski definition) is 5. The molecule has 6 nitrogen and oxygen atoms in total. The standard InChI is InChI=1S/C19H18N4O2/c1-24-16-9-7-15(8-10-16)13-25-19-17(11-20)18(21)23(22-19)12-14-5-3-2-4-6-14/h2-10H,12-13,21H2,1H3. The van der Waals surface area contributed by atoms with Gasteiger partial charge in [-0.3, -0.25) is 0 Å². The number of aromatic nitrogens is 2. The highest BCUT2D eigenvalue weighted by molar-refractivity contribution is 5.55. The molecule has 25 heavy (non-hydrogen) atoms. The molecule has 2 aromatic carbocycles. The molecule has 0 aliphatic heterocycles. The van der Waals surface area contributed by atoms with E-state index >= 15 is 0 Å². The van der Waals surface area contributed by atoms with Crippen LogP contribution in [0.25, 0.3) is 0 Å². The lowest BCUT2D eigenvalue weighted by atomic mass is 10.2. The van der Waals surface area contributed by atoms with E-state index in [1.54, 1.807) is 11.8 Å². The summed E-state index contributed by atoms with van der Waals surface area (Å²) in [7, 11) is 1.62. The Morgan fingerprint density at radius 2 is 1.80 bits per heavy atom. The summed E-state index contributed by atoms with van der Waals surface area (Å²) in [6.45, 7) is 0.772. The Morgan fingerprint density at radius 3 is 2.44 bits per heavy atom. The van der Waals surface area contributed by atoms with E-state index in [4.69, 9.17) is 15.2 Å². The van der Waals surface area contributed by atoms with Gasteiger partial charge in [0, 0.05) is 0 Å². The van der Waals surface area contributed by atoms with Crippen molar-refractivity contribution in [3.8, 4) is 17.7 Å². The Hall–Kier alpha value is -3.46. The summed E-state index contributed by atoms with van der Waals surface area (Å²) in [6.07, 6.45) is 0. The summed E-state index contributed by atoms with van der Waals surface area (Å²) >= 11 is 0. The van der Waals surface area contributed by atoms with Crippen molar-refractivity contribution >= 4 is 5.82 Å². The summed E-state index contributed by atoms with van der Waals surface area (Å²) < 4.78 is 12.4. The van der Waals surface area contributed by atoms with Crippen molar-refractivity contribution in [1.82, 2.24) is 9.78 Å². The van der Waals surface area contributed by atoms with Crippen molar-refractivity contribution in [2.24, 2.45) is 0 Å². The Morgan fingerprint density at radius 1 is 1.08 bits per heavy atom. The van der Waals surface area contributed by atoms with Crippen LogP contribution in [-0.2, 0) is 13.2 Å². The van der Waals surface area contributed by atoms with Crippen LogP contribution in [0.1, 0.15) is 16.7 Å². The number of nitrogens with zero attached hydrogens (tertiary/aromatic N) is 3. The minimum absolute atomic E-state index is 0.242. The Bertz CT molecular complexity index is 880. The zero-order valence-corrected chi connectivity index (χ0v) is 13.8. The van der Waals surface area contributed by atoms with Gasteiger partial charge in [0.2, 0.25) is 0 Å². The number of nitrogen functional groups attached to an aromatic ring is 1. The molecular weight excluding hydrogens is 316 g/mol. The second-order valence-corrected chi connectivity index (χ2v) is 5.46. The molecule has 3 aromatic rings. The number of rotatable bonds is 6. The highest BCUT2D eigenvalue weighted by Crippen LogP contribution is 2.24. The van der Waals surface area contributed by atoms with E-state index in [-0.39, 0.29) is 11.4 Å². The molecule has 0 saturated heterocycles. The Kier molecular flexibility index (Phi) is 4.86. The third-order valence-electron chi connectivity index (χ3n) is 3.78. The van der Waals surface area contributed by atoms with E-state index < -0.39 is 0 Å². The topological polar surface area (TPSA) is 86.1 Å². The zero-order chi connectivity index (χ0) is 17.6. The molecule has 0 aliphatic rings. The summed E-state index contributed by atoms with van der Waals surface area (Å²) in [5.41, 5.74) is 8.29. The van der Waals surface area contributed by atoms with Crippen LogP contribution in [-0.4, -0.2) is 16.9 Å². The van der Waals surface area contributed by atoms with Crippen LogP contribution < -0.4 is 15.2 Å². The van der Waals surface area contributed by atoms with Gasteiger partial charge >= 0.3 is 0 Å². The number of methoxy groups -OCH3 is 1. The molecule has 0 aliphatic carbocycles. The third-order valence-corrected chi connectivity index (χ3v) is 3.78. The molecule has 0 spiro atoms. The smallest absolute Gasteiger partial charge is 0.253 e. The largest absolute Gasteiger partial charge is 0.497 e. The first-order chi connectivity index (χ1) is 12.2. The van der Waals surface area contributed by atoms with Gasteiger partial charge in [-0.2, -0.15) is 5.26 Å². The highest BCUT2D eigenvalue weighted by Gasteiger charge is 2.17. The fourth-order valence-corrected chi connectivity index (χ4v) is 2.41. The molecule has 2 N–H and O–H groups in total. The van der Waals surface area contributed by atoms with Gasteiger partial charge in [-0.15, -0.1) is 5.10 Å². The van der Waals surface area contributed by atoms with Gasteiger partial charge in [-0.25, -0.2) is 4.68 Å². The number of nitrogens with two attached hydrogens (primary N) is 1. The zero-order valence-electron chi connectivity index (χ0n) is 13.8. The third kappa shape index (κ3) is 3.72. The molecule has 126 valence electrons. The van der Waals surface area contributed by atoms with Crippen molar-refractivity contribution in [2.75, 3.05) is 12.8 Å². The van der Waals surface area contributed by atoms with Crippen LogP contribution >= 0.6 is 0 Å². The maximum Gasteiger partial charge on any atom is 0.253 e. The summed E-state index contributed by atoms with van der Waals surface area (Å²) in [5, 5.41) is 13.7. The molecule has 0 unspecified atom stereocenters. The van der Waals surface area contributed by atoms with Gasteiger partial charge in [0.25, 0.3) is 5.88 Å². The van der Waals surface area contributed by atoms with E-state index in [1.807, 2.05) is 54.6 Å². The van der Waals surface area contributed by atoms with Gasteiger partial charge < -0.3 is 15.2 Å². The highest BCUT2D eigenvalue weighted by atomic mass is 16.5. The van der Waals surface area contributed by atoms with Gasteiger partial charge in [-0.05, 0) is 23.3 Å². The molecule has 1 aromatic heterocycles. The van der Waals surface area contributed by atoms with Gasteiger partial charge in [0.1, 0.15) is 24.2 Å². The van der Waals surface area contributed by atoms with Crippen molar-refractivity contribution < 1.29 is 9.47 Å². The van der Waals surface area contributed by atoms with Crippen LogP contribution in [0.3, 0.4) is 0 Å². The predicted octanol–water partition coefficient (Wildman–Crippen LogP) is 2.97. The summed E-state index contributed by atoms with van der Waals surface area (Å²) in [6, 6.07) is 19.4. The van der Waals surface area contributed by atoms with Gasteiger partial charge in [-0.1, -0.05) is 42.5 Å². The molecule has 0 bridgehead atoms. The molecule has 1 heterocycles. The Labute approximate surface area is 146 Å². The quantitative estimate of drug-likeness (QED) is 0.749. The van der Waals surface area contributed by atoms with E-state index in [0.717, 1.165) is 16.9 Å². The average Bonchev–Trinajstić information content (AvgIpc) is 2.96. The lowest BCUT2D eigenvalue weighted by Gasteiger charge is -2.05. The number of anilines is 1. The van der Waals surface area contributed by atoms with E-state index in [1.165, 1.54) is 0 Å². The average molecular weight is 334 g/mol. The van der Waals surface area contributed by atoms with Crippen molar-refractivity contribution in [2.45, 2.75) is 13.2 Å². The first kappa shape index (κ1) is 16.4. The maximum atomic E-state index is 9.36. The lowest BCUT2D eigenvalue weighted by molar-refractivity contribution is 0.289. The van der Waals surface area contributed by atoms with Crippen LogP contribution in [0.4, 0.5) is 5.82 Å². The van der Waals surface area contributed by atoms with Gasteiger partial charge in [0.15, 0.2) is 5.56 Å². The van der Waals surface area contributed by atoms with Crippen LogP contribution in [0.2, 0.25) is 0 Å². The van der Waals surface area contributed by atoms with Crippen molar-refractivity contribution in [3.05, 3.63) is 71.3 Å². The Balaban J connectivity index is 1.76. The second-order valence-electron chi connectivity index (χ2n) is 5.46. The SMILES string of the molecule is COc1ccc(COc2nn(Cc3ccccc3)c(N)c2C#N)cc1. The second kappa shape index (κ2) is 7.41. The fraction of sp³-hybridized carbons (Fsp3) is 0.158. The monoisotopic (exact) mass is 334 g/mol. The number of nitriles is 1.